The van der Waals surface area contributed by atoms with Crippen LogP contribution in [0, 0.1) is 11.3 Å². The lowest BCUT2D eigenvalue weighted by Gasteiger charge is -2.12. The maximum atomic E-state index is 12.3. The molecule has 1 saturated carbocycles. The zero-order valence-corrected chi connectivity index (χ0v) is 10.3. The number of rotatable bonds is 5. The molecule has 0 saturated heterocycles. The number of hydrogen-bond donors (Lipinski definition) is 4. The molecule has 0 spiro atoms. The number of halogens is 3. The van der Waals surface area contributed by atoms with Crippen molar-refractivity contribution in [2.75, 3.05) is 11.9 Å². The van der Waals surface area contributed by atoms with E-state index in [-0.39, 0.29) is 5.82 Å². The van der Waals surface area contributed by atoms with Gasteiger partial charge in [0.25, 0.3) is 11.6 Å². The van der Waals surface area contributed by atoms with Crippen LogP contribution in [0.1, 0.15) is 24.8 Å². The van der Waals surface area contributed by atoms with Gasteiger partial charge in [-0.15, -0.1) is 0 Å². The molecule has 0 atom stereocenters. The van der Waals surface area contributed by atoms with Crippen molar-refractivity contribution >= 4 is 11.5 Å². The van der Waals surface area contributed by atoms with Crippen molar-refractivity contribution in [1.29, 1.82) is 5.41 Å². The van der Waals surface area contributed by atoms with Crippen LogP contribution in [0.5, 0.6) is 6.01 Å². The molecule has 110 valence electrons. The fraction of sp³-hybridized carbons (Fsp3) is 0.545. The van der Waals surface area contributed by atoms with Crippen molar-refractivity contribution in [3.05, 3.63) is 15.9 Å². The summed E-state index contributed by atoms with van der Waals surface area (Å²) < 4.78 is 36.9. The van der Waals surface area contributed by atoms with E-state index in [1.807, 2.05) is 4.98 Å². The summed E-state index contributed by atoms with van der Waals surface area (Å²) in [6.07, 6.45) is -4.12. The zero-order valence-electron chi connectivity index (χ0n) is 10.3. The number of aromatic hydroxyl groups is 1. The summed E-state index contributed by atoms with van der Waals surface area (Å²) in [5.74, 6) is 0.204. The molecule has 0 amide bonds. The van der Waals surface area contributed by atoms with Crippen LogP contribution in [0.2, 0.25) is 0 Å². The van der Waals surface area contributed by atoms with E-state index in [2.05, 4.69) is 10.3 Å². The van der Waals surface area contributed by atoms with Crippen molar-refractivity contribution in [1.82, 2.24) is 9.97 Å². The topological polar surface area (TPSA) is 102 Å². The lowest BCUT2D eigenvalue weighted by Crippen LogP contribution is -2.26. The molecule has 1 aromatic rings. The minimum Gasteiger partial charge on any atom is -0.480 e. The number of aromatic amines is 1. The van der Waals surface area contributed by atoms with Crippen LogP contribution in [0.3, 0.4) is 0 Å². The van der Waals surface area contributed by atoms with Gasteiger partial charge in [-0.25, -0.2) is 0 Å². The predicted octanol–water partition coefficient (Wildman–Crippen LogP) is 1.62. The Hall–Kier alpha value is -2.06. The van der Waals surface area contributed by atoms with Gasteiger partial charge in [0.1, 0.15) is 11.4 Å². The molecule has 2 rings (SSSR count). The Morgan fingerprint density at radius 2 is 2.15 bits per heavy atom. The average molecular weight is 290 g/mol. The van der Waals surface area contributed by atoms with Gasteiger partial charge in [0.05, 0.1) is 12.1 Å². The summed E-state index contributed by atoms with van der Waals surface area (Å²) in [6, 6.07) is -0.697. The third-order valence-corrected chi connectivity index (χ3v) is 2.84. The number of alkyl halides is 3. The molecule has 0 bridgehead atoms. The molecule has 1 aliphatic carbocycles. The van der Waals surface area contributed by atoms with Crippen LogP contribution >= 0.6 is 0 Å². The molecule has 6 nitrogen and oxygen atoms in total. The van der Waals surface area contributed by atoms with E-state index in [4.69, 9.17) is 5.41 Å². The Kier molecular flexibility index (Phi) is 3.69. The fourth-order valence-corrected chi connectivity index (χ4v) is 1.72. The second-order valence-electron chi connectivity index (χ2n) is 4.71. The Balaban J connectivity index is 2.28. The van der Waals surface area contributed by atoms with E-state index in [9.17, 15) is 23.1 Å². The Labute approximate surface area is 111 Å². The standard InChI is InChI=1S/C11H13F3N4O2/c12-11(13,14)3-6(15)7-8(16-4-5-1-2-5)17-10(20)18-9(7)19/h5,15H,1-4H2,(H3,16,17,18,19,20). The first kappa shape index (κ1) is 14.4. The summed E-state index contributed by atoms with van der Waals surface area (Å²) in [7, 11) is 0. The largest absolute Gasteiger partial charge is 0.480 e. The lowest BCUT2D eigenvalue weighted by molar-refractivity contribution is -0.121. The average Bonchev–Trinajstić information content (AvgIpc) is 3.06. The Morgan fingerprint density at radius 3 is 2.70 bits per heavy atom. The minimum absolute atomic E-state index is 0.188. The highest BCUT2D eigenvalue weighted by Gasteiger charge is 2.32. The Morgan fingerprint density at radius 1 is 1.50 bits per heavy atom. The normalized spacial score (nSPS) is 15.2. The molecule has 1 aliphatic rings. The van der Waals surface area contributed by atoms with Crippen molar-refractivity contribution < 1.29 is 18.3 Å². The van der Waals surface area contributed by atoms with Crippen LogP contribution in [-0.2, 0) is 0 Å². The second-order valence-corrected chi connectivity index (χ2v) is 4.71. The number of H-pyrrole nitrogens is 1. The molecule has 0 aliphatic heterocycles. The van der Waals surface area contributed by atoms with Crippen LogP contribution in [0.25, 0.3) is 0 Å². The molecule has 20 heavy (non-hydrogen) atoms. The zero-order chi connectivity index (χ0) is 14.9. The van der Waals surface area contributed by atoms with Gasteiger partial charge < -0.3 is 15.8 Å². The van der Waals surface area contributed by atoms with Gasteiger partial charge in [0.15, 0.2) is 0 Å². The fourth-order valence-electron chi connectivity index (χ4n) is 1.72. The summed E-state index contributed by atoms with van der Waals surface area (Å²) in [5.41, 5.74) is -2.34. The number of anilines is 1. The highest BCUT2D eigenvalue weighted by Crippen LogP contribution is 2.29. The SMILES string of the molecule is N=C(CC(F)(F)F)c1c(NCC2CC2)nc(O)[nH]c1=O. The van der Waals surface area contributed by atoms with E-state index in [1.54, 1.807) is 0 Å². The first-order valence-electron chi connectivity index (χ1n) is 5.98. The highest BCUT2D eigenvalue weighted by molar-refractivity contribution is 6.02. The highest BCUT2D eigenvalue weighted by atomic mass is 19.4. The summed E-state index contributed by atoms with van der Waals surface area (Å²) in [6.45, 7) is 0.447. The van der Waals surface area contributed by atoms with E-state index < -0.39 is 35.4 Å². The molecule has 1 fully saturated rings. The van der Waals surface area contributed by atoms with Crippen LogP contribution in [0.4, 0.5) is 19.0 Å². The van der Waals surface area contributed by atoms with Gasteiger partial charge in [0.2, 0.25) is 0 Å². The van der Waals surface area contributed by atoms with Gasteiger partial charge in [-0.3, -0.25) is 9.78 Å². The third kappa shape index (κ3) is 3.72. The lowest BCUT2D eigenvalue weighted by atomic mass is 10.1. The number of nitrogens with one attached hydrogen (secondary N) is 3. The van der Waals surface area contributed by atoms with Crippen molar-refractivity contribution in [2.24, 2.45) is 5.92 Å². The van der Waals surface area contributed by atoms with E-state index in [0.29, 0.717) is 12.5 Å². The first-order chi connectivity index (χ1) is 9.26. The maximum absolute atomic E-state index is 12.3. The van der Waals surface area contributed by atoms with Gasteiger partial charge in [-0.05, 0) is 18.8 Å². The smallest absolute Gasteiger partial charge is 0.394 e. The molecule has 4 N–H and O–H groups in total. The van der Waals surface area contributed by atoms with Crippen molar-refractivity contribution in [2.45, 2.75) is 25.4 Å². The molecular formula is C11H13F3N4O2. The van der Waals surface area contributed by atoms with Crippen LogP contribution < -0.4 is 10.9 Å². The summed E-state index contributed by atoms with van der Waals surface area (Å²) in [5, 5.41) is 19.4. The monoisotopic (exact) mass is 290 g/mol. The molecule has 1 heterocycles. The molecule has 1 aromatic heterocycles. The van der Waals surface area contributed by atoms with E-state index >= 15 is 0 Å². The van der Waals surface area contributed by atoms with E-state index in [0.717, 1.165) is 12.8 Å². The third-order valence-electron chi connectivity index (χ3n) is 2.84. The number of nitrogens with zero attached hydrogens (tertiary/aromatic N) is 1. The molecule has 0 unspecified atom stereocenters. The van der Waals surface area contributed by atoms with Crippen LogP contribution in [-0.4, -0.2) is 33.5 Å². The second kappa shape index (κ2) is 5.14. The van der Waals surface area contributed by atoms with Gasteiger partial charge in [0, 0.05) is 6.54 Å². The van der Waals surface area contributed by atoms with Gasteiger partial charge >= 0.3 is 6.18 Å². The van der Waals surface area contributed by atoms with Gasteiger partial charge in [-0.1, -0.05) is 0 Å². The maximum Gasteiger partial charge on any atom is 0.394 e. The molecule has 9 heteroatoms. The Bertz CT molecular complexity index is 578. The van der Waals surface area contributed by atoms with Crippen molar-refractivity contribution in [3.63, 3.8) is 0 Å². The number of hydrogen-bond acceptors (Lipinski definition) is 5. The number of aromatic nitrogens is 2. The van der Waals surface area contributed by atoms with Crippen molar-refractivity contribution in [3.8, 4) is 6.01 Å². The molecular weight excluding hydrogens is 277 g/mol. The van der Waals surface area contributed by atoms with Crippen LogP contribution in [0.15, 0.2) is 4.79 Å². The first-order valence-corrected chi connectivity index (χ1v) is 5.98. The van der Waals surface area contributed by atoms with Gasteiger partial charge in [-0.2, -0.15) is 18.2 Å². The molecule has 0 radical (unpaired) electrons. The predicted molar refractivity (Wildman–Crippen MR) is 65.2 cm³/mol. The summed E-state index contributed by atoms with van der Waals surface area (Å²) in [4.78, 5) is 17.1. The molecule has 0 aromatic carbocycles. The summed E-state index contributed by atoms with van der Waals surface area (Å²) >= 11 is 0. The minimum atomic E-state index is -4.59. The van der Waals surface area contributed by atoms with E-state index in [1.165, 1.54) is 0 Å². The quantitative estimate of drug-likeness (QED) is 0.619.